The van der Waals surface area contributed by atoms with Crippen molar-refractivity contribution in [2.45, 2.75) is 26.2 Å². The third-order valence-corrected chi connectivity index (χ3v) is 3.30. The summed E-state index contributed by atoms with van der Waals surface area (Å²) in [6.07, 6.45) is 5.65. The Bertz CT molecular complexity index is 437. The Morgan fingerprint density at radius 1 is 1.44 bits per heavy atom. The van der Waals surface area contributed by atoms with Crippen molar-refractivity contribution in [2.24, 2.45) is 0 Å². The van der Waals surface area contributed by atoms with Gasteiger partial charge in [0, 0.05) is 12.6 Å². The minimum Gasteiger partial charge on any atom is -0.478 e. The maximum Gasteiger partial charge on any atom is 0.328 e. The summed E-state index contributed by atoms with van der Waals surface area (Å²) in [6, 6.07) is 1.74. The molecule has 0 radical (unpaired) electrons. The number of aliphatic carboxylic acids is 1. The highest BCUT2D eigenvalue weighted by atomic mass is 32.1. The first-order chi connectivity index (χ1) is 8.65. The number of nitrogens with one attached hydrogen (secondary N) is 1. The molecule has 0 aliphatic heterocycles. The Morgan fingerprint density at radius 3 is 2.89 bits per heavy atom. The van der Waals surface area contributed by atoms with Crippen LogP contribution in [0.2, 0.25) is 0 Å². The van der Waals surface area contributed by atoms with Crippen molar-refractivity contribution in [3.8, 4) is 0 Å². The number of amides is 1. The van der Waals surface area contributed by atoms with Gasteiger partial charge in [0.2, 0.25) is 0 Å². The minimum atomic E-state index is -1.02. The van der Waals surface area contributed by atoms with Gasteiger partial charge >= 0.3 is 5.97 Å². The lowest BCUT2D eigenvalue weighted by molar-refractivity contribution is -0.131. The van der Waals surface area contributed by atoms with Crippen molar-refractivity contribution in [1.29, 1.82) is 0 Å². The van der Waals surface area contributed by atoms with Gasteiger partial charge in [-0.3, -0.25) is 4.79 Å². The molecule has 2 N–H and O–H groups in total. The molecule has 0 atom stereocenters. The molecular weight excluding hydrogens is 250 g/mol. The Balaban J connectivity index is 2.57. The fraction of sp³-hybridized carbons (Fsp3) is 0.385. The van der Waals surface area contributed by atoms with Gasteiger partial charge in [0.15, 0.2) is 0 Å². The number of rotatable bonds is 7. The molecular formula is C13H17NO3S. The molecule has 4 nitrogen and oxygen atoms in total. The number of carbonyl (C=O) groups excluding carboxylic acids is 1. The van der Waals surface area contributed by atoms with E-state index in [4.69, 9.17) is 5.11 Å². The highest BCUT2D eigenvalue weighted by Gasteiger charge is 2.10. The van der Waals surface area contributed by atoms with Gasteiger partial charge in [-0.05, 0) is 29.5 Å². The molecule has 0 aliphatic carbocycles. The van der Waals surface area contributed by atoms with Crippen molar-refractivity contribution in [3.63, 3.8) is 0 Å². The van der Waals surface area contributed by atoms with E-state index in [1.807, 2.05) is 0 Å². The van der Waals surface area contributed by atoms with Gasteiger partial charge in [-0.15, -0.1) is 11.3 Å². The predicted octanol–water partition coefficient (Wildman–Crippen LogP) is 2.77. The summed E-state index contributed by atoms with van der Waals surface area (Å²) in [6.45, 7) is 2.77. The van der Waals surface area contributed by atoms with Crippen LogP contribution >= 0.6 is 11.3 Å². The maximum atomic E-state index is 11.9. The molecule has 0 saturated heterocycles. The Labute approximate surface area is 110 Å². The van der Waals surface area contributed by atoms with E-state index in [9.17, 15) is 9.59 Å². The Morgan fingerprint density at radius 2 is 2.22 bits per heavy atom. The third kappa shape index (κ3) is 4.71. The van der Waals surface area contributed by atoms with Crippen molar-refractivity contribution in [1.82, 2.24) is 5.32 Å². The van der Waals surface area contributed by atoms with Gasteiger partial charge in [-0.2, -0.15) is 0 Å². The average molecular weight is 267 g/mol. The number of hydrogen-bond donors (Lipinski definition) is 2. The lowest BCUT2D eigenvalue weighted by atomic mass is 10.2. The maximum absolute atomic E-state index is 11.9. The van der Waals surface area contributed by atoms with Gasteiger partial charge in [-0.1, -0.05) is 19.8 Å². The lowest BCUT2D eigenvalue weighted by Crippen LogP contribution is -2.24. The average Bonchev–Trinajstić information content (AvgIpc) is 2.80. The van der Waals surface area contributed by atoms with Crippen LogP contribution in [0.5, 0.6) is 0 Å². The zero-order valence-corrected chi connectivity index (χ0v) is 11.1. The van der Waals surface area contributed by atoms with Crippen molar-refractivity contribution in [2.75, 3.05) is 6.54 Å². The van der Waals surface area contributed by atoms with Gasteiger partial charge in [0.1, 0.15) is 0 Å². The normalized spacial score (nSPS) is 10.7. The SMILES string of the molecule is CCCCCNC(=O)c1sccc1C=CC(=O)O. The van der Waals surface area contributed by atoms with E-state index in [0.29, 0.717) is 17.0 Å². The topological polar surface area (TPSA) is 66.4 Å². The van der Waals surface area contributed by atoms with Crippen LogP contribution in [0.3, 0.4) is 0 Å². The minimum absolute atomic E-state index is 0.133. The molecule has 1 aromatic rings. The van der Waals surface area contributed by atoms with Crippen LogP contribution in [0.25, 0.3) is 6.08 Å². The van der Waals surface area contributed by atoms with Crippen LogP contribution in [0.1, 0.15) is 41.4 Å². The molecule has 0 aliphatic rings. The molecule has 0 aromatic carbocycles. The molecule has 0 unspecified atom stereocenters. The molecule has 1 rings (SSSR count). The monoisotopic (exact) mass is 267 g/mol. The first-order valence-corrected chi connectivity index (χ1v) is 6.79. The number of unbranched alkanes of at least 4 members (excludes halogenated alkanes) is 2. The summed E-state index contributed by atoms with van der Waals surface area (Å²) in [5.41, 5.74) is 0.649. The zero-order valence-electron chi connectivity index (χ0n) is 10.3. The quantitative estimate of drug-likeness (QED) is 0.589. The van der Waals surface area contributed by atoms with Gasteiger partial charge in [-0.25, -0.2) is 4.79 Å². The van der Waals surface area contributed by atoms with E-state index in [1.165, 1.54) is 17.4 Å². The van der Waals surface area contributed by atoms with E-state index in [-0.39, 0.29) is 5.91 Å². The smallest absolute Gasteiger partial charge is 0.328 e. The van der Waals surface area contributed by atoms with E-state index in [1.54, 1.807) is 11.4 Å². The number of carboxylic acids is 1. The van der Waals surface area contributed by atoms with Gasteiger partial charge in [0.25, 0.3) is 5.91 Å². The molecule has 0 fully saturated rings. The molecule has 0 spiro atoms. The summed E-state index contributed by atoms with van der Waals surface area (Å²) in [5.74, 6) is -1.15. The molecule has 1 aromatic heterocycles. The summed E-state index contributed by atoms with van der Waals surface area (Å²) in [7, 11) is 0. The fourth-order valence-electron chi connectivity index (χ4n) is 1.45. The molecule has 18 heavy (non-hydrogen) atoms. The molecule has 5 heteroatoms. The van der Waals surface area contributed by atoms with Crippen molar-refractivity contribution in [3.05, 3.63) is 28.0 Å². The Hall–Kier alpha value is -1.62. The summed E-state index contributed by atoms with van der Waals surface area (Å²) < 4.78 is 0. The molecule has 98 valence electrons. The lowest BCUT2D eigenvalue weighted by Gasteiger charge is -2.03. The van der Waals surface area contributed by atoms with E-state index in [0.717, 1.165) is 25.3 Å². The van der Waals surface area contributed by atoms with E-state index >= 15 is 0 Å². The van der Waals surface area contributed by atoms with Crippen LogP contribution in [-0.4, -0.2) is 23.5 Å². The van der Waals surface area contributed by atoms with Crippen LogP contribution in [0.4, 0.5) is 0 Å². The summed E-state index contributed by atoms with van der Waals surface area (Å²) >= 11 is 1.32. The first kappa shape index (κ1) is 14.4. The fourth-order valence-corrected chi connectivity index (χ4v) is 2.26. The highest BCUT2D eigenvalue weighted by molar-refractivity contribution is 7.12. The van der Waals surface area contributed by atoms with Crippen LogP contribution in [0.15, 0.2) is 17.5 Å². The number of carbonyl (C=O) groups is 2. The molecule has 0 saturated carbocycles. The first-order valence-electron chi connectivity index (χ1n) is 5.92. The van der Waals surface area contributed by atoms with Crippen molar-refractivity contribution < 1.29 is 14.7 Å². The molecule has 1 amide bonds. The van der Waals surface area contributed by atoms with Crippen molar-refractivity contribution >= 4 is 29.3 Å². The van der Waals surface area contributed by atoms with E-state index < -0.39 is 5.97 Å². The largest absolute Gasteiger partial charge is 0.478 e. The van der Waals surface area contributed by atoms with Crippen LogP contribution in [-0.2, 0) is 4.79 Å². The summed E-state index contributed by atoms with van der Waals surface area (Å²) in [4.78, 5) is 22.8. The number of thiophene rings is 1. The second-order valence-electron chi connectivity index (χ2n) is 3.84. The second kappa shape index (κ2) is 7.66. The number of hydrogen-bond acceptors (Lipinski definition) is 3. The second-order valence-corrected chi connectivity index (χ2v) is 4.76. The molecule has 0 bridgehead atoms. The van der Waals surface area contributed by atoms with E-state index in [2.05, 4.69) is 12.2 Å². The number of carboxylic acid groups (broad SMARTS) is 1. The Kier molecular flexibility index (Phi) is 6.14. The standard InChI is InChI=1S/C13H17NO3S/c1-2-3-4-8-14-13(17)12-10(7-9-18-12)5-6-11(15)16/h5-7,9H,2-4,8H2,1H3,(H,14,17)(H,15,16). The molecule has 1 heterocycles. The summed E-state index contributed by atoms with van der Waals surface area (Å²) in [5, 5.41) is 13.2. The predicted molar refractivity (Wildman–Crippen MR) is 72.8 cm³/mol. The zero-order chi connectivity index (χ0) is 13.4. The van der Waals surface area contributed by atoms with Crippen LogP contribution < -0.4 is 5.32 Å². The highest BCUT2D eigenvalue weighted by Crippen LogP contribution is 2.18. The van der Waals surface area contributed by atoms with Gasteiger partial charge in [0.05, 0.1) is 4.88 Å². The van der Waals surface area contributed by atoms with Crippen LogP contribution in [0, 0.1) is 0 Å². The van der Waals surface area contributed by atoms with Gasteiger partial charge < -0.3 is 10.4 Å². The third-order valence-electron chi connectivity index (χ3n) is 2.37.